The van der Waals surface area contributed by atoms with Gasteiger partial charge in [-0.1, -0.05) is 25.1 Å². The van der Waals surface area contributed by atoms with Crippen LogP contribution in [-0.4, -0.2) is 12.1 Å². The van der Waals surface area contributed by atoms with Crippen LogP contribution in [0.2, 0.25) is 0 Å². The Morgan fingerprint density at radius 3 is 2.60 bits per heavy atom. The molecule has 0 amide bonds. The predicted molar refractivity (Wildman–Crippen MR) is 85.4 cm³/mol. The molecule has 0 saturated heterocycles. The van der Waals surface area contributed by atoms with E-state index in [1.54, 1.807) is 18.4 Å². The average Bonchev–Trinajstić information content (AvgIpc) is 2.87. The molecule has 0 saturated carbocycles. The molecule has 0 radical (unpaired) electrons. The fourth-order valence-corrected chi connectivity index (χ4v) is 3.03. The fourth-order valence-electron chi connectivity index (χ4n) is 2.23. The number of ether oxygens (including phenoxy) is 1. The van der Waals surface area contributed by atoms with Crippen molar-refractivity contribution in [2.75, 3.05) is 12.8 Å². The zero-order chi connectivity index (χ0) is 14.1. The number of hydrogen-bond acceptors (Lipinski definition) is 4. The molecule has 2 aromatic carbocycles. The number of nitrogens with zero attached hydrogens (tertiary/aromatic N) is 1. The summed E-state index contributed by atoms with van der Waals surface area (Å²) in [5.74, 6) is 0.867. The van der Waals surface area contributed by atoms with Crippen LogP contribution in [0, 0.1) is 0 Å². The summed E-state index contributed by atoms with van der Waals surface area (Å²) in [4.78, 5) is 4.61. The van der Waals surface area contributed by atoms with E-state index in [4.69, 9.17) is 10.5 Å². The molecule has 0 aliphatic carbocycles. The monoisotopic (exact) mass is 284 g/mol. The van der Waals surface area contributed by atoms with Crippen LogP contribution in [0.1, 0.15) is 11.9 Å². The molecule has 2 N–H and O–H groups in total. The number of methoxy groups -OCH3 is 1. The molecule has 0 spiro atoms. The van der Waals surface area contributed by atoms with Crippen LogP contribution in [-0.2, 0) is 6.42 Å². The lowest BCUT2D eigenvalue weighted by Gasteiger charge is -2.05. The van der Waals surface area contributed by atoms with Gasteiger partial charge in [-0.2, -0.15) is 0 Å². The first kappa shape index (κ1) is 12.9. The van der Waals surface area contributed by atoms with Crippen LogP contribution in [0.15, 0.2) is 36.4 Å². The van der Waals surface area contributed by atoms with E-state index in [0.29, 0.717) is 0 Å². The summed E-state index contributed by atoms with van der Waals surface area (Å²) in [6.07, 6.45) is 0.916. The third kappa shape index (κ3) is 2.23. The lowest BCUT2D eigenvalue weighted by Crippen LogP contribution is -1.87. The number of nitrogens with two attached hydrogens (primary N) is 1. The third-order valence-electron chi connectivity index (χ3n) is 3.32. The van der Waals surface area contributed by atoms with Gasteiger partial charge in [0.15, 0.2) is 0 Å². The Labute approximate surface area is 122 Å². The standard InChI is InChI=1S/C16H16N2OS/c1-3-14-18-15(16(17)20-14)12-5-4-11-9-13(19-2)7-6-10(11)8-12/h4-9H,3,17H2,1-2H3. The van der Waals surface area contributed by atoms with Gasteiger partial charge >= 0.3 is 0 Å². The molecule has 0 fully saturated rings. The van der Waals surface area contributed by atoms with Gasteiger partial charge in [-0.15, -0.1) is 11.3 Å². The molecule has 1 aromatic heterocycles. The third-order valence-corrected chi connectivity index (χ3v) is 4.35. The van der Waals surface area contributed by atoms with Crippen molar-refractivity contribution in [3.8, 4) is 17.0 Å². The van der Waals surface area contributed by atoms with E-state index in [1.807, 2.05) is 12.1 Å². The molecule has 3 aromatic rings. The maximum atomic E-state index is 6.07. The highest BCUT2D eigenvalue weighted by atomic mass is 32.1. The van der Waals surface area contributed by atoms with Crippen molar-refractivity contribution < 1.29 is 4.74 Å². The Kier molecular flexibility index (Phi) is 3.32. The van der Waals surface area contributed by atoms with E-state index >= 15 is 0 Å². The SMILES string of the molecule is CCc1nc(-c2ccc3cc(OC)ccc3c2)c(N)s1. The van der Waals surface area contributed by atoms with Crippen molar-refractivity contribution in [2.24, 2.45) is 0 Å². The summed E-state index contributed by atoms with van der Waals surface area (Å²) < 4.78 is 5.24. The van der Waals surface area contributed by atoms with Gasteiger partial charge in [0.05, 0.1) is 12.1 Å². The first-order chi connectivity index (χ1) is 9.71. The predicted octanol–water partition coefficient (Wildman–Crippen LogP) is 4.12. The number of anilines is 1. The van der Waals surface area contributed by atoms with Crippen LogP contribution >= 0.6 is 11.3 Å². The first-order valence-electron chi connectivity index (χ1n) is 6.54. The molecule has 0 unspecified atom stereocenters. The van der Waals surface area contributed by atoms with E-state index in [1.165, 1.54) is 0 Å². The Hall–Kier alpha value is -2.07. The summed E-state index contributed by atoms with van der Waals surface area (Å²) in [7, 11) is 1.68. The Bertz CT molecular complexity index is 764. The lowest BCUT2D eigenvalue weighted by molar-refractivity contribution is 0.415. The van der Waals surface area contributed by atoms with Gasteiger partial charge < -0.3 is 10.5 Å². The number of benzene rings is 2. The van der Waals surface area contributed by atoms with Gasteiger partial charge in [-0.25, -0.2) is 4.98 Å². The zero-order valence-electron chi connectivity index (χ0n) is 11.5. The second kappa shape index (κ2) is 5.13. The van der Waals surface area contributed by atoms with Crippen molar-refractivity contribution in [1.29, 1.82) is 0 Å². The average molecular weight is 284 g/mol. The molecular weight excluding hydrogens is 268 g/mol. The van der Waals surface area contributed by atoms with E-state index in [2.05, 4.69) is 36.2 Å². The molecule has 20 heavy (non-hydrogen) atoms. The second-order valence-corrected chi connectivity index (χ2v) is 5.72. The number of hydrogen-bond donors (Lipinski definition) is 1. The van der Waals surface area contributed by atoms with E-state index < -0.39 is 0 Å². The maximum Gasteiger partial charge on any atom is 0.119 e. The van der Waals surface area contributed by atoms with E-state index in [0.717, 1.165) is 44.2 Å². The van der Waals surface area contributed by atoms with Crippen LogP contribution in [0.3, 0.4) is 0 Å². The van der Waals surface area contributed by atoms with Crippen LogP contribution in [0.4, 0.5) is 5.00 Å². The van der Waals surface area contributed by atoms with Gasteiger partial charge in [0.1, 0.15) is 16.4 Å². The van der Waals surface area contributed by atoms with Gasteiger partial charge in [0, 0.05) is 5.56 Å². The topological polar surface area (TPSA) is 48.1 Å². The summed E-state index contributed by atoms with van der Waals surface area (Å²) in [6.45, 7) is 2.09. The Balaban J connectivity index is 2.10. The lowest BCUT2D eigenvalue weighted by atomic mass is 10.0. The number of rotatable bonds is 3. The van der Waals surface area contributed by atoms with Crippen LogP contribution in [0.5, 0.6) is 5.75 Å². The number of nitrogen functional groups attached to an aromatic ring is 1. The molecule has 1 heterocycles. The molecule has 4 heteroatoms. The van der Waals surface area contributed by atoms with Crippen molar-refractivity contribution in [3.05, 3.63) is 41.4 Å². The quantitative estimate of drug-likeness (QED) is 0.787. The zero-order valence-corrected chi connectivity index (χ0v) is 12.3. The molecule has 102 valence electrons. The van der Waals surface area contributed by atoms with Crippen LogP contribution in [0.25, 0.3) is 22.0 Å². The highest BCUT2D eigenvalue weighted by Crippen LogP contribution is 2.33. The minimum atomic E-state index is 0.787. The normalized spacial score (nSPS) is 10.9. The van der Waals surface area contributed by atoms with Gasteiger partial charge in [-0.3, -0.25) is 0 Å². The Morgan fingerprint density at radius 1 is 1.15 bits per heavy atom. The van der Waals surface area contributed by atoms with E-state index in [-0.39, 0.29) is 0 Å². The van der Waals surface area contributed by atoms with E-state index in [9.17, 15) is 0 Å². The molecule has 0 aliphatic heterocycles. The largest absolute Gasteiger partial charge is 0.497 e. The molecule has 3 rings (SSSR count). The first-order valence-corrected chi connectivity index (χ1v) is 7.36. The highest BCUT2D eigenvalue weighted by Gasteiger charge is 2.10. The minimum Gasteiger partial charge on any atom is -0.497 e. The highest BCUT2D eigenvalue weighted by molar-refractivity contribution is 7.16. The Morgan fingerprint density at radius 2 is 1.90 bits per heavy atom. The summed E-state index contributed by atoms with van der Waals surface area (Å²) in [6, 6.07) is 12.3. The molecule has 0 bridgehead atoms. The minimum absolute atomic E-state index is 0.787. The van der Waals surface area contributed by atoms with Gasteiger partial charge in [0.2, 0.25) is 0 Å². The summed E-state index contributed by atoms with van der Waals surface area (Å²) >= 11 is 1.57. The van der Waals surface area contributed by atoms with Crippen molar-refractivity contribution in [2.45, 2.75) is 13.3 Å². The molecule has 0 aliphatic rings. The number of aromatic nitrogens is 1. The van der Waals surface area contributed by atoms with Crippen molar-refractivity contribution in [3.63, 3.8) is 0 Å². The second-order valence-electron chi connectivity index (χ2n) is 4.60. The fraction of sp³-hybridized carbons (Fsp3) is 0.188. The smallest absolute Gasteiger partial charge is 0.119 e. The summed E-state index contributed by atoms with van der Waals surface area (Å²) in [5, 5.41) is 4.17. The number of fused-ring (bicyclic) bond motifs is 1. The molecule has 0 atom stereocenters. The van der Waals surface area contributed by atoms with Crippen molar-refractivity contribution >= 4 is 27.1 Å². The van der Waals surface area contributed by atoms with Gasteiger partial charge in [-0.05, 0) is 35.4 Å². The molecule has 3 nitrogen and oxygen atoms in total. The van der Waals surface area contributed by atoms with Crippen LogP contribution < -0.4 is 10.5 Å². The van der Waals surface area contributed by atoms with Crippen molar-refractivity contribution in [1.82, 2.24) is 4.98 Å². The number of thiazole rings is 1. The number of aryl methyl sites for hydroxylation is 1. The molecular formula is C16H16N2OS. The maximum absolute atomic E-state index is 6.07. The summed E-state index contributed by atoms with van der Waals surface area (Å²) in [5.41, 5.74) is 8.03. The van der Waals surface area contributed by atoms with Gasteiger partial charge in [0.25, 0.3) is 0 Å².